The second-order valence-electron chi connectivity index (χ2n) is 24.6. The van der Waals surface area contributed by atoms with Gasteiger partial charge in [0.25, 0.3) is 0 Å². The normalized spacial score (nSPS) is 14.4. The van der Waals surface area contributed by atoms with Crippen molar-refractivity contribution < 1.29 is 80.2 Å². The number of carbonyl (C=O) groups excluding carboxylic acids is 4. The van der Waals surface area contributed by atoms with Crippen molar-refractivity contribution in [3.05, 3.63) is 0 Å². The third kappa shape index (κ3) is 58.8. The molecule has 0 aromatic heterocycles. The van der Waals surface area contributed by atoms with Gasteiger partial charge in [-0.2, -0.15) is 0 Å². The van der Waals surface area contributed by atoms with Crippen molar-refractivity contribution in [2.45, 2.75) is 330 Å². The van der Waals surface area contributed by atoms with Crippen molar-refractivity contribution >= 4 is 39.5 Å². The van der Waals surface area contributed by atoms with E-state index in [-0.39, 0.29) is 25.7 Å². The van der Waals surface area contributed by atoms with Crippen LogP contribution in [0, 0.1) is 17.8 Å². The second-order valence-corrected chi connectivity index (χ2v) is 27.5. The van der Waals surface area contributed by atoms with Crippen molar-refractivity contribution in [1.29, 1.82) is 0 Å². The van der Waals surface area contributed by atoms with Gasteiger partial charge in [-0.15, -0.1) is 0 Å². The molecule has 0 radical (unpaired) electrons. The third-order valence-corrected chi connectivity index (χ3v) is 16.5. The van der Waals surface area contributed by atoms with Crippen LogP contribution in [0.1, 0.15) is 312 Å². The topological polar surface area (TPSA) is 237 Å². The lowest BCUT2D eigenvalue weighted by molar-refractivity contribution is -0.161. The predicted octanol–water partition coefficient (Wildman–Crippen LogP) is 17.5. The van der Waals surface area contributed by atoms with E-state index in [9.17, 15) is 43.2 Å². The summed E-state index contributed by atoms with van der Waals surface area (Å²) in [5.74, 6) is 0.0839. The van der Waals surface area contributed by atoms with E-state index in [0.29, 0.717) is 25.7 Å². The quantitative estimate of drug-likeness (QED) is 0.0222. The van der Waals surface area contributed by atoms with Gasteiger partial charge in [-0.05, 0) is 43.4 Å². The van der Waals surface area contributed by atoms with Crippen LogP contribution in [0.15, 0.2) is 0 Å². The number of esters is 4. The SMILES string of the molecule is CCCCCCCC(=O)OC[C@H](COP(=O)(O)OC[C@H](O)COP(=O)(O)OC[C@@H](COC(=O)CCCCCCCCCCC(C)C)OC(=O)CCCCCCCCCCCCCCCC(C)C)OC(=O)CCCCCCCCCCC(C)C. The largest absolute Gasteiger partial charge is 0.472 e. The maximum atomic E-state index is 13.0. The molecule has 0 aliphatic rings. The van der Waals surface area contributed by atoms with Crippen LogP contribution in [0.25, 0.3) is 0 Å². The summed E-state index contributed by atoms with van der Waals surface area (Å²) >= 11 is 0. The molecule has 0 saturated heterocycles. The molecule has 17 nitrogen and oxygen atoms in total. The van der Waals surface area contributed by atoms with Crippen LogP contribution in [-0.2, 0) is 65.4 Å². The van der Waals surface area contributed by atoms with Gasteiger partial charge >= 0.3 is 39.5 Å². The van der Waals surface area contributed by atoms with Crippen LogP contribution in [-0.4, -0.2) is 96.7 Å². The fourth-order valence-corrected chi connectivity index (χ4v) is 11.1. The molecule has 0 aliphatic carbocycles. The molecule has 0 aromatic rings. The zero-order valence-electron chi connectivity index (χ0n) is 53.6. The lowest BCUT2D eigenvalue weighted by atomic mass is 10.0. The highest BCUT2D eigenvalue weighted by Crippen LogP contribution is 2.45. The fraction of sp³-hybridized carbons (Fsp3) is 0.938. The molecule has 3 N–H and O–H groups in total. The Morgan fingerprint density at radius 2 is 0.554 bits per heavy atom. The molecular formula is C64H124O17P2. The van der Waals surface area contributed by atoms with E-state index >= 15 is 0 Å². The fourth-order valence-electron chi connectivity index (χ4n) is 9.48. The number of aliphatic hydroxyl groups excluding tert-OH is 1. The van der Waals surface area contributed by atoms with Crippen molar-refractivity contribution in [1.82, 2.24) is 0 Å². The zero-order valence-corrected chi connectivity index (χ0v) is 55.4. The summed E-state index contributed by atoms with van der Waals surface area (Å²) in [5.41, 5.74) is 0. The van der Waals surface area contributed by atoms with Crippen molar-refractivity contribution in [3.8, 4) is 0 Å². The number of hydrogen-bond donors (Lipinski definition) is 3. The molecule has 0 fully saturated rings. The van der Waals surface area contributed by atoms with Crippen molar-refractivity contribution in [2.24, 2.45) is 17.8 Å². The first-order valence-corrected chi connectivity index (χ1v) is 36.3. The highest BCUT2D eigenvalue weighted by atomic mass is 31.2. The molecule has 0 amide bonds. The summed E-state index contributed by atoms with van der Waals surface area (Å²) < 4.78 is 67.8. The van der Waals surface area contributed by atoms with Crippen LogP contribution >= 0.6 is 15.6 Å². The molecule has 0 aromatic carbocycles. The van der Waals surface area contributed by atoms with Crippen LogP contribution < -0.4 is 0 Å². The second kappa shape index (κ2) is 55.4. The van der Waals surface area contributed by atoms with E-state index in [4.69, 9.17) is 37.0 Å². The Kier molecular flexibility index (Phi) is 54.1. The van der Waals surface area contributed by atoms with Crippen molar-refractivity contribution in [3.63, 3.8) is 0 Å². The number of phosphoric ester groups is 2. The van der Waals surface area contributed by atoms with E-state index in [1.165, 1.54) is 116 Å². The number of carbonyl (C=O) groups is 4. The van der Waals surface area contributed by atoms with Crippen LogP contribution in [0.4, 0.5) is 0 Å². The lowest BCUT2D eigenvalue weighted by Gasteiger charge is -2.21. The summed E-state index contributed by atoms with van der Waals surface area (Å²) in [4.78, 5) is 72.0. The van der Waals surface area contributed by atoms with Gasteiger partial charge in [-0.1, -0.05) is 260 Å². The summed E-state index contributed by atoms with van der Waals surface area (Å²) in [6, 6.07) is 0. The molecule has 0 aliphatic heterocycles. The molecule has 5 atom stereocenters. The smallest absolute Gasteiger partial charge is 0.462 e. The Morgan fingerprint density at radius 1 is 0.325 bits per heavy atom. The Hall–Kier alpha value is -1.94. The standard InChI is InChI=1S/C64H124O17P2/c1-8-9-10-28-38-45-61(66)74-51-59(80-64(69)48-41-34-27-21-19-24-31-37-44-57(6)7)53-78-82(70,71)76-49-58(65)50-77-83(72,73)79-54-60(52-75-62(67)46-39-32-25-20-18-23-30-36-43-56(4)5)81-63(68)47-40-33-26-17-15-13-11-12-14-16-22-29-35-42-55(2)3/h55-60,65H,8-54H2,1-7H3,(H,70,71)(H,72,73)/t58-,59+,60+/m0/s1. The van der Waals surface area contributed by atoms with E-state index in [1.54, 1.807) is 0 Å². The molecule has 19 heteroatoms. The number of aliphatic hydroxyl groups is 1. The van der Waals surface area contributed by atoms with Crippen LogP contribution in [0.2, 0.25) is 0 Å². The van der Waals surface area contributed by atoms with Gasteiger partial charge in [0.15, 0.2) is 12.2 Å². The molecule has 492 valence electrons. The number of phosphoric acid groups is 2. The molecular weight excluding hydrogens is 1100 g/mol. The van der Waals surface area contributed by atoms with E-state index < -0.39 is 97.5 Å². The highest BCUT2D eigenvalue weighted by Gasteiger charge is 2.30. The maximum Gasteiger partial charge on any atom is 0.472 e. The zero-order chi connectivity index (χ0) is 61.7. The Balaban J connectivity index is 5.17. The number of ether oxygens (including phenoxy) is 4. The number of unbranched alkanes of at least 4 members (excludes halogenated alkanes) is 30. The Bertz CT molecular complexity index is 1650. The minimum absolute atomic E-state index is 0.103. The molecule has 0 heterocycles. The molecule has 0 bridgehead atoms. The van der Waals surface area contributed by atoms with Gasteiger partial charge in [0.2, 0.25) is 0 Å². The number of hydrogen-bond acceptors (Lipinski definition) is 15. The summed E-state index contributed by atoms with van der Waals surface area (Å²) in [5, 5.41) is 10.5. The van der Waals surface area contributed by atoms with Gasteiger partial charge in [0, 0.05) is 25.7 Å². The summed E-state index contributed by atoms with van der Waals surface area (Å²) in [6.45, 7) is 11.6. The monoisotopic (exact) mass is 1230 g/mol. The summed E-state index contributed by atoms with van der Waals surface area (Å²) in [7, 11) is -9.88. The number of rotatable bonds is 62. The molecule has 0 rings (SSSR count). The highest BCUT2D eigenvalue weighted by molar-refractivity contribution is 7.47. The first-order chi connectivity index (χ1) is 39.7. The molecule has 0 spiro atoms. The van der Waals surface area contributed by atoms with Gasteiger partial charge in [-0.25, -0.2) is 9.13 Å². The first-order valence-electron chi connectivity index (χ1n) is 33.3. The Labute approximate surface area is 505 Å². The van der Waals surface area contributed by atoms with E-state index in [0.717, 1.165) is 114 Å². The third-order valence-electron chi connectivity index (χ3n) is 14.6. The van der Waals surface area contributed by atoms with E-state index in [1.807, 2.05) is 0 Å². The average molecular weight is 1230 g/mol. The minimum atomic E-state index is -4.94. The van der Waals surface area contributed by atoms with Crippen LogP contribution in [0.5, 0.6) is 0 Å². The Morgan fingerprint density at radius 3 is 0.819 bits per heavy atom. The minimum Gasteiger partial charge on any atom is -0.462 e. The van der Waals surface area contributed by atoms with Gasteiger partial charge in [0.1, 0.15) is 19.3 Å². The average Bonchev–Trinajstić information content (AvgIpc) is 3.44. The van der Waals surface area contributed by atoms with Crippen LogP contribution in [0.3, 0.4) is 0 Å². The molecule has 2 unspecified atom stereocenters. The van der Waals surface area contributed by atoms with Crippen molar-refractivity contribution in [2.75, 3.05) is 39.6 Å². The van der Waals surface area contributed by atoms with Gasteiger partial charge < -0.3 is 33.8 Å². The predicted molar refractivity (Wildman–Crippen MR) is 331 cm³/mol. The summed E-state index contributed by atoms with van der Waals surface area (Å²) in [6.07, 6.45) is 36.6. The molecule has 0 saturated carbocycles. The lowest BCUT2D eigenvalue weighted by Crippen LogP contribution is -2.30. The van der Waals surface area contributed by atoms with Gasteiger partial charge in [0.05, 0.1) is 26.4 Å². The van der Waals surface area contributed by atoms with E-state index in [2.05, 4.69) is 48.5 Å². The first kappa shape index (κ1) is 81.1. The molecule has 83 heavy (non-hydrogen) atoms. The van der Waals surface area contributed by atoms with Gasteiger partial charge in [-0.3, -0.25) is 37.3 Å². The maximum absolute atomic E-state index is 13.0.